The molecule has 0 amide bonds. The molecular weight excluding hydrogens is 285 g/mol. The van der Waals surface area contributed by atoms with Crippen LogP contribution in [0.1, 0.15) is 35.8 Å². The van der Waals surface area contributed by atoms with E-state index < -0.39 is 5.97 Å². The van der Waals surface area contributed by atoms with Crippen LogP contribution in [0, 0.1) is 5.82 Å². The fourth-order valence-electron chi connectivity index (χ4n) is 2.11. The quantitative estimate of drug-likeness (QED) is 0.939. The van der Waals surface area contributed by atoms with Gasteiger partial charge < -0.3 is 10.0 Å². The number of nitrogens with zero attached hydrogens (tertiary/aromatic N) is 3. The lowest BCUT2D eigenvalue weighted by Gasteiger charge is -2.18. The highest BCUT2D eigenvalue weighted by Gasteiger charge is 2.23. The lowest BCUT2D eigenvalue weighted by Crippen LogP contribution is -2.18. The minimum absolute atomic E-state index is 0.0622. The molecule has 116 valence electrons. The van der Waals surface area contributed by atoms with Crippen molar-refractivity contribution in [3.63, 3.8) is 0 Å². The lowest BCUT2D eigenvalue weighted by atomic mass is 9.98. The molecule has 2 rings (SSSR count). The second kappa shape index (κ2) is 6.09. The number of halogens is 1. The van der Waals surface area contributed by atoms with E-state index in [0.717, 1.165) is 0 Å². The fraction of sp³-hybridized carbons (Fsp3) is 0.312. The zero-order chi connectivity index (χ0) is 16.4. The van der Waals surface area contributed by atoms with Crippen molar-refractivity contribution >= 4 is 11.9 Å². The number of anilines is 1. The Labute approximate surface area is 128 Å². The molecule has 0 aliphatic heterocycles. The number of rotatable bonds is 4. The zero-order valence-corrected chi connectivity index (χ0v) is 13.0. The topological polar surface area (TPSA) is 66.3 Å². The van der Waals surface area contributed by atoms with Gasteiger partial charge in [0, 0.05) is 19.7 Å². The first-order valence-electron chi connectivity index (χ1n) is 6.89. The van der Waals surface area contributed by atoms with Crippen LogP contribution in [-0.2, 0) is 0 Å². The van der Waals surface area contributed by atoms with Gasteiger partial charge >= 0.3 is 5.97 Å². The molecule has 1 aromatic heterocycles. The maximum Gasteiger partial charge on any atom is 0.339 e. The van der Waals surface area contributed by atoms with Crippen molar-refractivity contribution in [3.05, 3.63) is 41.3 Å². The molecule has 1 aromatic carbocycles. The molecule has 2 aromatic rings. The van der Waals surface area contributed by atoms with Crippen molar-refractivity contribution in [1.82, 2.24) is 9.97 Å². The van der Waals surface area contributed by atoms with Crippen molar-refractivity contribution in [3.8, 4) is 11.3 Å². The summed E-state index contributed by atoms with van der Waals surface area (Å²) in [4.78, 5) is 22.1. The number of benzene rings is 1. The molecule has 0 unspecified atom stereocenters. The van der Waals surface area contributed by atoms with E-state index in [9.17, 15) is 14.3 Å². The maximum atomic E-state index is 13.1. The summed E-state index contributed by atoms with van der Waals surface area (Å²) in [5, 5.41) is 9.57. The third-order valence-corrected chi connectivity index (χ3v) is 3.20. The molecule has 5 nitrogen and oxygen atoms in total. The Balaban J connectivity index is 2.78. The minimum Gasteiger partial charge on any atom is -0.478 e. The van der Waals surface area contributed by atoms with Gasteiger partial charge in [-0.3, -0.25) is 0 Å². The average molecular weight is 303 g/mol. The smallest absolute Gasteiger partial charge is 0.339 e. The molecular formula is C16H18FN3O2. The van der Waals surface area contributed by atoms with Gasteiger partial charge in [0.1, 0.15) is 11.4 Å². The molecule has 0 atom stereocenters. The molecule has 6 heteroatoms. The number of hydrogen-bond donors (Lipinski definition) is 1. The summed E-state index contributed by atoms with van der Waals surface area (Å²) >= 11 is 0. The van der Waals surface area contributed by atoms with Crippen LogP contribution in [0.4, 0.5) is 10.3 Å². The van der Waals surface area contributed by atoms with Crippen molar-refractivity contribution in [2.45, 2.75) is 19.8 Å². The SMILES string of the molecule is CC(C)c1nc(N(C)C)nc(-c2ccc(F)cc2)c1C(=O)O. The summed E-state index contributed by atoms with van der Waals surface area (Å²) in [5.74, 6) is -1.13. The van der Waals surface area contributed by atoms with Gasteiger partial charge in [-0.25, -0.2) is 19.2 Å². The summed E-state index contributed by atoms with van der Waals surface area (Å²) in [5.41, 5.74) is 1.37. The van der Waals surface area contributed by atoms with Crippen molar-refractivity contribution in [2.24, 2.45) is 0 Å². The van der Waals surface area contributed by atoms with Gasteiger partial charge in [0.05, 0.1) is 11.4 Å². The third-order valence-electron chi connectivity index (χ3n) is 3.20. The highest BCUT2D eigenvalue weighted by Crippen LogP contribution is 2.29. The number of aromatic carboxylic acids is 1. The molecule has 0 saturated carbocycles. The standard InChI is InChI=1S/C16H18FN3O2/c1-9(2)13-12(15(21)22)14(19-16(18-13)20(3)4)10-5-7-11(17)8-6-10/h5-9H,1-4H3,(H,21,22). The molecule has 0 bridgehead atoms. The predicted molar refractivity (Wildman–Crippen MR) is 82.8 cm³/mol. The Morgan fingerprint density at radius 2 is 1.77 bits per heavy atom. The van der Waals surface area contributed by atoms with Crippen LogP contribution in [0.15, 0.2) is 24.3 Å². The molecule has 0 radical (unpaired) electrons. The van der Waals surface area contributed by atoms with Gasteiger partial charge in [0.15, 0.2) is 0 Å². The van der Waals surface area contributed by atoms with Crippen LogP contribution >= 0.6 is 0 Å². The maximum absolute atomic E-state index is 13.1. The van der Waals surface area contributed by atoms with Gasteiger partial charge in [-0.15, -0.1) is 0 Å². The van der Waals surface area contributed by atoms with E-state index >= 15 is 0 Å². The van der Waals surface area contributed by atoms with E-state index in [1.807, 2.05) is 13.8 Å². The fourth-order valence-corrected chi connectivity index (χ4v) is 2.11. The normalized spacial score (nSPS) is 10.8. The van der Waals surface area contributed by atoms with Crippen molar-refractivity contribution in [2.75, 3.05) is 19.0 Å². The predicted octanol–water partition coefficient (Wildman–Crippen LogP) is 3.17. The van der Waals surface area contributed by atoms with Gasteiger partial charge in [-0.2, -0.15) is 0 Å². The number of carbonyl (C=O) groups is 1. The second-order valence-corrected chi connectivity index (χ2v) is 5.49. The van der Waals surface area contributed by atoms with Crippen LogP contribution in [0.3, 0.4) is 0 Å². The third kappa shape index (κ3) is 3.05. The second-order valence-electron chi connectivity index (χ2n) is 5.49. The number of hydrogen-bond acceptors (Lipinski definition) is 4. The van der Waals surface area contributed by atoms with Crippen LogP contribution in [0.25, 0.3) is 11.3 Å². The Morgan fingerprint density at radius 1 is 1.18 bits per heavy atom. The summed E-state index contributed by atoms with van der Waals surface area (Å²) in [7, 11) is 3.57. The molecule has 1 heterocycles. The summed E-state index contributed by atoms with van der Waals surface area (Å²) in [6, 6.07) is 5.61. The average Bonchev–Trinajstić information content (AvgIpc) is 2.46. The first-order chi connectivity index (χ1) is 10.3. The van der Waals surface area contributed by atoms with E-state index in [1.54, 1.807) is 19.0 Å². The summed E-state index contributed by atoms with van der Waals surface area (Å²) < 4.78 is 13.1. The first-order valence-corrected chi connectivity index (χ1v) is 6.89. The summed E-state index contributed by atoms with van der Waals surface area (Å²) in [6.45, 7) is 3.76. The number of carboxylic acid groups (broad SMARTS) is 1. The summed E-state index contributed by atoms with van der Waals surface area (Å²) in [6.07, 6.45) is 0. The molecule has 0 spiro atoms. The van der Waals surface area contributed by atoms with E-state index in [0.29, 0.717) is 22.9 Å². The van der Waals surface area contributed by atoms with Crippen molar-refractivity contribution in [1.29, 1.82) is 0 Å². The molecule has 0 saturated heterocycles. The van der Waals surface area contributed by atoms with E-state index in [1.165, 1.54) is 24.3 Å². The Kier molecular flexibility index (Phi) is 4.40. The molecule has 0 aliphatic carbocycles. The van der Waals surface area contributed by atoms with E-state index in [4.69, 9.17) is 0 Å². The zero-order valence-electron chi connectivity index (χ0n) is 13.0. The molecule has 0 fully saturated rings. The Hall–Kier alpha value is -2.50. The number of aromatic nitrogens is 2. The van der Waals surface area contributed by atoms with Gasteiger partial charge in [0.25, 0.3) is 0 Å². The minimum atomic E-state index is -1.09. The van der Waals surface area contributed by atoms with Gasteiger partial charge in [-0.1, -0.05) is 13.8 Å². The number of carboxylic acids is 1. The van der Waals surface area contributed by atoms with Crippen LogP contribution in [0.2, 0.25) is 0 Å². The molecule has 0 aliphatic rings. The monoisotopic (exact) mass is 303 g/mol. The Bertz CT molecular complexity index is 697. The highest BCUT2D eigenvalue weighted by molar-refractivity contribution is 5.96. The van der Waals surface area contributed by atoms with Gasteiger partial charge in [0.2, 0.25) is 5.95 Å². The van der Waals surface area contributed by atoms with Crippen LogP contribution in [0.5, 0.6) is 0 Å². The van der Waals surface area contributed by atoms with E-state index in [2.05, 4.69) is 9.97 Å². The molecule has 22 heavy (non-hydrogen) atoms. The van der Waals surface area contributed by atoms with Crippen LogP contribution < -0.4 is 4.90 Å². The first kappa shape index (κ1) is 15.9. The van der Waals surface area contributed by atoms with Crippen LogP contribution in [-0.4, -0.2) is 35.1 Å². The molecule has 1 N–H and O–H groups in total. The van der Waals surface area contributed by atoms with Crippen molar-refractivity contribution < 1.29 is 14.3 Å². The lowest BCUT2D eigenvalue weighted by molar-refractivity contribution is 0.0695. The van der Waals surface area contributed by atoms with Gasteiger partial charge in [-0.05, 0) is 30.2 Å². The Morgan fingerprint density at radius 3 is 2.23 bits per heavy atom. The largest absolute Gasteiger partial charge is 0.478 e. The van der Waals surface area contributed by atoms with E-state index in [-0.39, 0.29) is 17.3 Å². The highest BCUT2D eigenvalue weighted by atomic mass is 19.1.